The number of rotatable bonds is 4. The second kappa shape index (κ2) is 4.28. The van der Waals surface area contributed by atoms with Gasteiger partial charge in [0.1, 0.15) is 6.73 Å². The Balaban J connectivity index is 2.63. The lowest BCUT2D eigenvalue weighted by atomic mass is 10.4. The minimum Gasteiger partial charge on any atom is -0.364 e. The summed E-state index contributed by atoms with van der Waals surface area (Å²) in [6.45, 7) is 1.59. The summed E-state index contributed by atoms with van der Waals surface area (Å²) in [7, 11) is 5.83. The second-order valence-corrected chi connectivity index (χ2v) is 3.12. The summed E-state index contributed by atoms with van der Waals surface area (Å²) in [6, 6.07) is 4.15. The summed E-state index contributed by atoms with van der Waals surface area (Å²) in [5.74, 6) is 0. The maximum absolute atomic E-state index is 5.05. The third-order valence-corrected chi connectivity index (χ3v) is 1.67. The quantitative estimate of drug-likeness (QED) is 0.671. The zero-order valence-corrected chi connectivity index (χ0v) is 7.95. The maximum atomic E-state index is 5.05. The number of hydrogen-bond donors (Lipinski definition) is 0. The zero-order chi connectivity index (χ0) is 8.97. The average molecular weight is 168 g/mol. The Hall–Kier alpha value is -0.800. The Morgan fingerprint density at radius 3 is 2.83 bits per heavy atom. The van der Waals surface area contributed by atoms with E-state index in [1.807, 2.05) is 12.3 Å². The molecule has 0 aliphatic heterocycles. The first kappa shape index (κ1) is 9.29. The van der Waals surface area contributed by atoms with E-state index in [4.69, 9.17) is 4.74 Å². The van der Waals surface area contributed by atoms with Gasteiger partial charge in [-0.1, -0.05) is 0 Å². The van der Waals surface area contributed by atoms with Crippen molar-refractivity contribution in [3.63, 3.8) is 0 Å². The van der Waals surface area contributed by atoms with E-state index in [0.29, 0.717) is 6.73 Å². The van der Waals surface area contributed by atoms with E-state index >= 15 is 0 Å². The highest BCUT2D eigenvalue weighted by Gasteiger charge is 2.00. The molecule has 0 amide bonds. The minimum atomic E-state index is 0.635. The molecule has 0 bridgehead atoms. The van der Waals surface area contributed by atoms with Gasteiger partial charge < -0.3 is 14.2 Å². The molecule has 1 heterocycles. The molecule has 3 nitrogen and oxygen atoms in total. The Bertz CT molecular complexity index is 230. The molecular formula is C9H16N2O. The van der Waals surface area contributed by atoms with Gasteiger partial charge in [-0.2, -0.15) is 0 Å². The molecule has 0 unspecified atom stereocenters. The predicted octanol–water partition coefficient (Wildman–Crippen LogP) is 1.15. The van der Waals surface area contributed by atoms with Crippen molar-refractivity contribution in [2.45, 2.75) is 13.3 Å². The molecule has 0 aliphatic rings. The Morgan fingerprint density at radius 2 is 2.25 bits per heavy atom. The van der Waals surface area contributed by atoms with Crippen LogP contribution in [0, 0.1) is 0 Å². The first-order valence-electron chi connectivity index (χ1n) is 4.01. The van der Waals surface area contributed by atoms with E-state index < -0.39 is 0 Å². The van der Waals surface area contributed by atoms with Crippen LogP contribution in [0.15, 0.2) is 18.3 Å². The van der Waals surface area contributed by atoms with Crippen LogP contribution in [-0.2, 0) is 18.0 Å². The number of methoxy groups -OCH3 is 1. The molecule has 12 heavy (non-hydrogen) atoms. The molecule has 0 fully saturated rings. The van der Waals surface area contributed by atoms with Crippen LogP contribution < -0.4 is 0 Å². The third-order valence-electron chi connectivity index (χ3n) is 1.67. The highest BCUT2D eigenvalue weighted by atomic mass is 16.5. The lowest BCUT2D eigenvalue weighted by Gasteiger charge is -2.12. The molecule has 0 aromatic carbocycles. The van der Waals surface area contributed by atoms with Crippen molar-refractivity contribution in [2.24, 2.45) is 0 Å². The monoisotopic (exact) mass is 168 g/mol. The van der Waals surface area contributed by atoms with E-state index in [1.165, 1.54) is 5.69 Å². The predicted molar refractivity (Wildman–Crippen MR) is 48.8 cm³/mol. The van der Waals surface area contributed by atoms with Crippen LogP contribution in [0.1, 0.15) is 5.69 Å². The van der Waals surface area contributed by atoms with Gasteiger partial charge in [0, 0.05) is 25.5 Å². The van der Waals surface area contributed by atoms with Gasteiger partial charge in [0.25, 0.3) is 0 Å². The molecule has 0 saturated carbocycles. The molecule has 1 aromatic rings. The third kappa shape index (κ3) is 2.36. The SMILES string of the molecule is COCn1cccc1CN(C)C. The number of hydrogen-bond acceptors (Lipinski definition) is 2. The first-order chi connectivity index (χ1) is 5.74. The van der Waals surface area contributed by atoms with Crippen molar-refractivity contribution < 1.29 is 4.74 Å². The fourth-order valence-corrected chi connectivity index (χ4v) is 1.18. The molecule has 0 N–H and O–H groups in total. The van der Waals surface area contributed by atoms with Crippen LogP contribution in [0.3, 0.4) is 0 Å². The van der Waals surface area contributed by atoms with E-state index in [2.05, 4.69) is 29.6 Å². The van der Waals surface area contributed by atoms with Crippen molar-refractivity contribution in [3.05, 3.63) is 24.0 Å². The summed E-state index contributed by atoms with van der Waals surface area (Å²) < 4.78 is 7.15. The van der Waals surface area contributed by atoms with Crippen LogP contribution in [0.5, 0.6) is 0 Å². The summed E-state index contributed by atoms with van der Waals surface area (Å²) in [6.07, 6.45) is 2.03. The smallest absolute Gasteiger partial charge is 0.122 e. The van der Waals surface area contributed by atoms with Crippen LogP contribution in [0.4, 0.5) is 0 Å². The highest BCUT2D eigenvalue weighted by molar-refractivity contribution is 5.06. The van der Waals surface area contributed by atoms with Gasteiger partial charge in [-0.05, 0) is 26.2 Å². The summed E-state index contributed by atoms with van der Waals surface area (Å²) in [5, 5.41) is 0. The molecule has 0 aliphatic carbocycles. The van der Waals surface area contributed by atoms with Crippen molar-refractivity contribution in [1.82, 2.24) is 9.47 Å². The lowest BCUT2D eigenvalue weighted by Crippen LogP contribution is -2.14. The van der Waals surface area contributed by atoms with Crippen molar-refractivity contribution in [1.29, 1.82) is 0 Å². The van der Waals surface area contributed by atoms with E-state index in [1.54, 1.807) is 7.11 Å². The van der Waals surface area contributed by atoms with Crippen LogP contribution >= 0.6 is 0 Å². The maximum Gasteiger partial charge on any atom is 0.122 e. The van der Waals surface area contributed by atoms with Crippen molar-refractivity contribution >= 4 is 0 Å². The van der Waals surface area contributed by atoms with Crippen LogP contribution in [0.2, 0.25) is 0 Å². The Kier molecular flexibility index (Phi) is 3.31. The molecule has 68 valence electrons. The fraction of sp³-hybridized carbons (Fsp3) is 0.556. The number of nitrogens with zero attached hydrogens (tertiary/aromatic N) is 2. The van der Waals surface area contributed by atoms with Gasteiger partial charge in [-0.25, -0.2) is 0 Å². The molecule has 3 heteroatoms. The van der Waals surface area contributed by atoms with E-state index in [-0.39, 0.29) is 0 Å². The van der Waals surface area contributed by atoms with Gasteiger partial charge in [0.2, 0.25) is 0 Å². The second-order valence-electron chi connectivity index (χ2n) is 3.12. The van der Waals surface area contributed by atoms with Gasteiger partial charge in [-0.3, -0.25) is 0 Å². The summed E-state index contributed by atoms with van der Waals surface area (Å²) >= 11 is 0. The van der Waals surface area contributed by atoms with Gasteiger partial charge in [0.15, 0.2) is 0 Å². The molecule has 0 atom stereocenters. The van der Waals surface area contributed by atoms with Gasteiger partial charge >= 0.3 is 0 Å². The summed E-state index contributed by atoms with van der Waals surface area (Å²) in [4.78, 5) is 2.14. The zero-order valence-electron chi connectivity index (χ0n) is 7.95. The highest BCUT2D eigenvalue weighted by Crippen LogP contribution is 2.04. The summed E-state index contributed by atoms with van der Waals surface area (Å²) in [5.41, 5.74) is 1.28. The van der Waals surface area contributed by atoms with Crippen LogP contribution in [-0.4, -0.2) is 30.7 Å². The minimum absolute atomic E-state index is 0.635. The largest absolute Gasteiger partial charge is 0.364 e. The van der Waals surface area contributed by atoms with Gasteiger partial charge in [-0.15, -0.1) is 0 Å². The standard InChI is InChI=1S/C9H16N2O/c1-10(2)7-9-5-4-6-11(9)8-12-3/h4-6H,7-8H2,1-3H3. The first-order valence-corrected chi connectivity index (χ1v) is 4.01. The molecule has 1 aromatic heterocycles. The molecular weight excluding hydrogens is 152 g/mol. The molecule has 0 radical (unpaired) electrons. The normalized spacial score (nSPS) is 11.0. The van der Waals surface area contributed by atoms with Crippen molar-refractivity contribution in [2.75, 3.05) is 21.2 Å². The number of ether oxygens (including phenoxy) is 1. The molecule has 0 saturated heterocycles. The average Bonchev–Trinajstić information content (AvgIpc) is 2.37. The fourth-order valence-electron chi connectivity index (χ4n) is 1.18. The Morgan fingerprint density at radius 1 is 1.50 bits per heavy atom. The molecule has 1 rings (SSSR count). The van der Waals surface area contributed by atoms with Crippen LogP contribution in [0.25, 0.3) is 0 Å². The van der Waals surface area contributed by atoms with Crippen molar-refractivity contribution in [3.8, 4) is 0 Å². The van der Waals surface area contributed by atoms with Gasteiger partial charge in [0.05, 0.1) is 0 Å². The lowest BCUT2D eigenvalue weighted by molar-refractivity contribution is 0.127. The van der Waals surface area contributed by atoms with E-state index in [0.717, 1.165) is 6.54 Å². The number of aromatic nitrogens is 1. The Labute approximate surface area is 73.5 Å². The molecule has 0 spiro atoms. The van der Waals surface area contributed by atoms with E-state index in [9.17, 15) is 0 Å². The topological polar surface area (TPSA) is 17.4 Å².